The molecule has 0 radical (unpaired) electrons. The highest BCUT2D eigenvalue weighted by Gasteiger charge is 2.26. The highest BCUT2D eigenvalue weighted by Crippen LogP contribution is 2.20. The summed E-state index contributed by atoms with van der Waals surface area (Å²) < 4.78 is 1.70. The summed E-state index contributed by atoms with van der Waals surface area (Å²) in [4.78, 5) is 21.0. The van der Waals surface area contributed by atoms with Crippen LogP contribution in [0.4, 0.5) is 5.82 Å². The van der Waals surface area contributed by atoms with Gasteiger partial charge in [0.25, 0.3) is 0 Å². The van der Waals surface area contributed by atoms with Gasteiger partial charge in [0.05, 0.1) is 6.20 Å². The van der Waals surface area contributed by atoms with Crippen LogP contribution >= 0.6 is 0 Å². The zero-order valence-electron chi connectivity index (χ0n) is 13.7. The van der Waals surface area contributed by atoms with Gasteiger partial charge in [-0.3, -0.25) is 9.48 Å². The molecule has 1 atom stereocenters. The van der Waals surface area contributed by atoms with Gasteiger partial charge in [-0.1, -0.05) is 6.07 Å². The number of carbonyl (C=O) groups excluding carboxylic acids is 1. The second-order valence-corrected chi connectivity index (χ2v) is 6.15. The predicted octanol–water partition coefficient (Wildman–Crippen LogP) is 1.71. The van der Waals surface area contributed by atoms with Crippen molar-refractivity contribution in [2.24, 2.45) is 0 Å². The van der Waals surface area contributed by atoms with Crippen LogP contribution in [0.15, 0.2) is 36.8 Å². The van der Waals surface area contributed by atoms with E-state index in [2.05, 4.69) is 15.0 Å². The highest BCUT2D eigenvalue weighted by molar-refractivity contribution is 5.76. The molecular weight excluding hydrogens is 290 g/mol. The molecule has 0 saturated carbocycles. The number of aromatic nitrogens is 3. The van der Waals surface area contributed by atoms with E-state index in [4.69, 9.17) is 0 Å². The first-order chi connectivity index (χ1) is 11.1. The molecule has 1 saturated heterocycles. The van der Waals surface area contributed by atoms with Crippen molar-refractivity contribution >= 4 is 11.7 Å². The van der Waals surface area contributed by atoms with Crippen LogP contribution in [0, 0.1) is 6.92 Å². The van der Waals surface area contributed by atoms with Crippen molar-refractivity contribution in [1.29, 1.82) is 0 Å². The van der Waals surface area contributed by atoms with Gasteiger partial charge in [-0.2, -0.15) is 5.10 Å². The Morgan fingerprint density at radius 2 is 2.30 bits per heavy atom. The van der Waals surface area contributed by atoms with Crippen molar-refractivity contribution in [2.75, 3.05) is 25.0 Å². The van der Waals surface area contributed by atoms with E-state index < -0.39 is 0 Å². The van der Waals surface area contributed by atoms with E-state index in [0.717, 1.165) is 37.3 Å². The lowest BCUT2D eigenvalue weighted by Gasteiger charge is -2.38. The highest BCUT2D eigenvalue weighted by atomic mass is 16.2. The topological polar surface area (TPSA) is 54.3 Å². The van der Waals surface area contributed by atoms with E-state index in [0.29, 0.717) is 6.54 Å². The maximum Gasteiger partial charge on any atom is 0.244 e. The van der Waals surface area contributed by atoms with Gasteiger partial charge in [0.15, 0.2) is 0 Å². The number of anilines is 1. The number of aryl methyl sites for hydroxylation is 1. The normalized spacial score (nSPS) is 18.0. The lowest BCUT2D eigenvalue weighted by molar-refractivity contribution is -0.133. The molecule has 0 aliphatic carbocycles. The second-order valence-electron chi connectivity index (χ2n) is 6.15. The third-order valence-electron chi connectivity index (χ3n) is 4.37. The van der Waals surface area contributed by atoms with Gasteiger partial charge in [0.1, 0.15) is 12.4 Å². The lowest BCUT2D eigenvalue weighted by atomic mass is 10.0. The Hall–Kier alpha value is -2.37. The van der Waals surface area contributed by atoms with E-state index in [1.54, 1.807) is 10.9 Å². The molecule has 1 aliphatic rings. The molecule has 0 N–H and O–H groups in total. The van der Waals surface area contributed by atoms with Gasteiger partial charge in [-0.25, -0.2) is 4.98 Å². The zero-order chi connectivity index (χ0) is 16.2. The van der Waals surface area contributed by atoms with Crippen LogP contribution in [0.1, 0.15) is 18.4 Å². The van der Waals surface area contributed by atoms with Crippen LogP contribution in [0.5, 0.6) is 0 Å². The number of nitrogens with zero attached hydrogens (tertiary/aromatic N) is 5. The SMILES string of the molecule is Cc1cnn(CC(=O)N(C)[C@H]2CCCN(c3ccccn3)C2)c1. The molecular formula is C17H23N5O. The number of pyridine rings is 1. The standard InChI is InChI=1S/C17H23N5O/c1-14-10-19-22(11-14)13-17(23)20(2)15-6-5-9-21(12-15)16-7-3-4-8-18-16/h3-4,7-8,10-11,15H,5-6,9,12-13H2,1-2H3/t15-/m0/s1. The van der Waals surface area contributed by atoms with Crippen molar-refractivity contribution < 1.29 is 4.79 Å². The largest absolute Gasteiger partial charge is 0.355 e. The number of carbonyl (C=O) groups is 1. The first-order valence-corrected chi connectivity index (χ1v) is 8.04. The van der Waals surface area contributed by atoms with Crippen LogP contribution < -0.4 is 4.90 Å². The summed E-state index contributed by atoms with van der Waals surface area (Å²) >= 11 is 0. The number of piperidine rings is 1. The van der Waals surface area contributed by atoms with Crippen molar-refractivity contribution in [3.8, 4) is 0 Å². The molecule has 2 aromatic heterocycles. The van der Waals surface area contributed by atoms with Gasteiger partial charge in [0, 0.05) is 38.6 Å². The van der Waals surface area contributed by atoms with Gasteiger partial charge in [-0.15, -0.1) is 0 Å². The van der Waals surface area contributed by atoms with E-state index in [1.165, 1.54) is 0 Å². The molecule has 1 aliphatic heterocycles. The van der Waals surface area contributed by atoms with Gasteiger partial charge in [0.2, 0.25) is 5.91 Å². The summed E-state index contributed by atoms with van der Waals surface area (Å²) in [6.07, 6.45) is 7.58. The summed E-state index contributed by atoms with van der Waals surface area (Å²) in [7, 11) is 1.89. The van der Waals surface area contributed by atoms with Gasteiger partial charge >= 0.3 is 0 Å². The van der Waals surface area contributed by atoms with Gasteiger partial charge < -0.3 is 9.80 Å². The summed E-state index contributed by atoms with van der Waals surface area (Å²) in [5.74, 6) is 1.08. The molecule has 6 heteroatoms. The van der Waals surface area contributed by atoms with Crippen LogP contribution in [-0.2, 0) is 11.3 Å². The molecule has 0 bridgehead atoms. The number of hydrogen-bond donors (Lipinski definition) is 0. The maximum absolute atomic E-state index is 12.5. The minimum atomic E-state index is 0.0981. The Bertz CT molecular complexity index is 654. The van der Waals surface area contributed by atoms with E-state index in [9.17, 15) is 4.79 Å². The first-order valence-electron chi connectivity index (χ1n) is 8.04. The fourth-order valence-electron chi connectivity index (χ4n) is 3.03. The number of likely N-dealkylation sites (N-methyl/N-ethyl adjacent to an activating group) is 1. The molecule has 2 aromatic rings. The summed E-state index contributed by atoms with van der Waals surface area (Å²) in [6, 6.07) is 6.17. The number of amides is 1. The molecule has 6 nitrogen and oxygen atoms in total. The first kappa shape index (κ1) is 15.5. The molecule has 3 heterocycles. The Morgan fingerprint density at radius 1 is 1.43 bits per heavy atom. The second kappa shape index (κ2) is 6.81. The Labute approximate surface area is 136 Å². The van der Waals surface area contributed by atoms with E-state index in [1.807, 2.05) is 49.5 Å². The smallest absolute Gasteiger partial charge is 0.244 e. The minimum absolute atomic E-state index is 0.0981. The molecule has 23 heavy (non-hydrogen) atoms. The fourth-order valence-corrected chi connectivity index (χ4v) is 3.03. The molecule has 0 aromatic carbocycles. The third kappa shape index (κ3) is 3.70. The zero-order valence-corrected chi connectivity index (χ0v) is 13.7. The Kier molecular flexibility index (Phi) is 4.60. The quantitative estimate of drug-likeness (QED) is 0.862. The average molecular weight is 313 g/mol. The fraction of sp³-hybridized carbons (Fsp3) is 0.471. The van der Waals surface area contributed by atoms with Gasteiger partial charge in [-0.05, 0) is 37.5 Å². The Balaban J connectivity index is 1.62. The molecule has 1 amide bonds. The molecule has 0 unspecified atom stereocenters. The third-order valence-corrected chi connectivity index (χ3v) is 4.37. The number of rotatable bonds is 4. The molecule has 0 spiro atoms. The summed E-state index contributed by atoms with van der Waals surface area (Å²) in [5.41, 5.74) is 1.07. The van der Waals surface area contributed by atoms with E-state index >= 15 is 0 Å². The van der Waals surface area contributed by atoms with Crippen LogP contribution in [0.3, 0.4) is 0 Å². The van der Waals surface area contributed by atoms with Crippen LogP contribution in [0.25, 0.3) is 0 Å². The monoisotopic (exact) mass is 313 g/mol. The lowest BCUT2D eigenvalue weighted by Crippen LogP contribution is -2.49. The summed E-state index contributed by atoms with van der Waals surface area (Å²) in [5, 5.41) is 4.19. The van der Waals surface area contributed by atoms with Crippen LogP contribution in [0.2, 0.25) is 0 Å². The summed E-state index contributed by atoms with van der Waals surface area (Å²) in [6.45, 7) is 4.10. The predicted molar refractivity (Wildman–Crippen MR) is 89.2 cm³/mol. The van der Waals surface area contributed by atoms with Crippen molar-refractivity contribution in [3.05, 3.63) is 42.4 Å². The van der Waals surface area contributed by atoms with E-state index in [-0.39, 0.29) is 11.9 Å². The molecule has 3 rings (SSSR count). The number of hydrogen-bond acceptors (Lipinski definition) is 4. The van der Waals surface area contributed by atoms with Crippen LogP contribution in [-0.4, -0.2) is 51.8 Å². The molecule has 122 valence electrons. The minimum Gasteiger partial charge on any atom is -0.355 e. The maximum atomic E-state index is 12.5. The Morgan fingerprint density at radius 3 is 3.00 bits per heavy atom. The molecule has 1 fully saturated rings. The van der Waals surface area contributed by atoms with Crippen molar-refractivity contribution in [1.82, 2.24) is 19.7 Å². The van der Waals surface area contributed by atoms with Crippen molar-refractivity contribution in [3.63, 3.8) is 0 Å². The van der Waals surface area contributed by atoms with Crippen molar-refractivity contribution in [2.45, 2.75) is 32.4 Å². The average Bonchev–Trinajstić information content (AvgIpc) is 3.00.